The minimum absolute atomic E-state index is 0.0121. The molecule has 3 aromatic carbocycles. The number of benzene rings is 3. The smallest absolute Gasteiger partial charge is 0.312 e. The van der Waals surface area contributed by atoms with E-state index in [2.05, 4.69) is 4.99 Å². The normalized spacial score (nSPS) is 18.4. The van der Waals surface area contributed by atoms with Gasteiger partial charge in [0.05, 0.1) is 6.54 Å². The Labute approximate surface area is 182 Å². The van der Waals surface area contributed by atoms with Crippen molar-refractivity contribution in [2.45, 2.75) is 18.4 Å². The lowest BCUT2D eigenvalue weighted by Gasteiger charge is -2.29. The molecule has 162 valence electrons. The number of aliphatic imine (C=N–C) groups is 1. The van der Waals surface area contributed by atoms with Crippen LogP contribution in [0.5, 0.6) is 0 Å². The maximum atomic E-state index is 14.4. The number of rotatable bonds is 5. The minimum Gasteiger partial charge on any atom is -0.312 e. The highest BCUT2D eigenvalue weighted by Crippen LogP contribution is 2.39. The Morgan fingerprint density at radius 2 is 1.41 bits per heavy atom. The zero-order valence-corrected chi connectivity index (χ0v) is 16.7. The summed E-state index contributed by atoms with van der Waals surface area (Å²) in [6.07, 6.45) is -5.17. The molecule has 0 radical (unpaired) electrons. The zero-order chi connectivity index (χ0) is 22.8. The quantitative estimate of drug-likeness (QED) is 0.652. The van der Waals surface area contributed by atoms with Crippen molar-refractivity contribution >= 4 is 17.6 Å². The van der Waals surface area contributed by atoms with Crippen LogP contribution < -0.4 is 5.32 Å². The van der Waals surface area contributed by atoms with E-state index < -0.39 is 23.7 Å². The van der Waals surface area contributed by atoms with Crippen molar-refractivity contribution in [3.05, 3.63) is 108 Å². The van der Waals surface area contributed by atoms with Crippen molar-refractivity contribution in [2.24, 2.45) is 4.99 Å². The fourth-order valence-electron chi connectivity index (χ4n) is 3.44. The molecule has 1 heterocycles. The van der Waals surface area contributed by atoms with Gasteiger partial charge < -0.3 is 5.32 Å². The van der Waals surface area contributed by atoms with E-state index in [1.54, 1.807) is 66.7 Å². The standard InChI is InChI=1S/C24H18F3N3O2/c25-24(26,27)23(29-21(31)19-14-8-3-9-15-19)22(32)30(16-17-10-4-1-5-11-17)20(28-23)18-12-6-2-7-13-18/h1-15H,16H2,(H,29,31). The summed E-state index contributed by atoms with van der Waals surface area (Å²) in [6.45, 7) is -0.133. The Hall–Kier alpha value is -3.94. The maximum Gasteiger partial charge on any atom is 0.442 e. The molecular formula is C24H18F3N3O2. The number of carbonyl (C=O) groups is 2. The van der Waals surface area contributed by atoms with Gasteiger partial charge in [0.2, 0.25) is 0 Å². The molecule has 1 N–H and O–H groups in total. The fraction of sp³-hybridized carbons (Fsp3) is 0.125. The first-order chi connectivity index (χ1) is 15.3. The Morgan fingerprint density at radius 3 is 1.97 bits per heavy atom. The molecule has 1 atom stereocenters. The molecule has 3 aromatic rings. The average molecular weight is 437 g/mol. The first kappa shape index (κ1) is 21.3. The van der Waals surface area contributed by atoms with Gasteiger partial charge in [0.25, 0.3) is 11.8 Å². The van der Waals surface area contributed by atoms with Crippen LogP contribution in [0.3, 0.4) is 0 Å². The molecule has 32 heavy (non-hydrogen) atoms. The molecule has 1 aliphatic heterocycles. The number of amides is 2. The van der Waals surface area contributed by atoms with E-state index >= 15 is 0 Å². The number of carbonyl (C=O) groups excluding carboxylic acids is 2. The number of nitrogens with zero attached hydrogens (tertiary/aromatic N) is 2. The highest BCUT2D eigenvalue weighted by atomic mass is 19.4. The lowest BCUT2D eigenvalue weighted by atomic mass is 10.1. The highest BCUT2D eigenvalue weighted by Gasteiger charge is 2.67. The minimum atomic E-state index is -5.17. The van der Waals surface area contributed by atoms with Crippen molar-refractivity contribution in [2.75, 3.05) is 0 Å². The van der Waals surface area contributed by atoms with E-state index in [1.165, 1.54) is 24.3 Å². The molecule has 4 rings (SSSR count). The van der Waals surface area contributed by atoms with E-state index in [-0.39, 0.29) is 17.9 Å². The van der Waals surface area contributed by atoms with Crippen LogP contribution in [-0.4, -0.2) is 34.4 Å². The molecule has 0 saturated heterocycles. The molecule has 0 fully saturated rings. The third-order valence-electron chi connectivity index (χ3n) is 5.04. The predicted octanol–water partition coefficient (Wildman–Crippen LogP) is 4.16. The van der Waals surface area contributed by atoms with Gasteiger partial charge in [-0.2, -0.15) is 13.2 Å². The Morgan fingerprint density at radius 1 is 0.875 bits per heavy atom. The van der Waals surface area contributed by atoms with Gasteiger partial charge in [-0.3, -0.25) is 14.5 Å². The molecule has 1 unspecified atom stereocenters. The van der Waals surface area contributed by atoms with Gasteiger partial charge in [0, 0.05) is 11.1 Å². The van der Waals surface area contributed by atoms with E-state index in [4.69, 9.17) is 0 Å². The second-order valence-electron chi connectivity index (χ2n) is 7.21. The zero-order valence-electron chi connectivity index (χ0n) is 16.7. The molecule has 0 aromatic heterocycles. The van der Waals surface area contributed by atoms with Crippen LogP contribution in [0, 0.1) is 0 Å². The molecule has 0 bridgehead atoms. The number of hydrogen-bond acceptors (Lipinski definition) is 3. The molecule has 0 aliphatic carbocycles. The molecule has 8 heteroatoms. The molecular weight excluding hydrogens is 419 g/mol. The highest BCUT2D eigenvalue weighted by molar-refractivity contribution is 6.16. The Balaban J connectivity index is 1.81. The predicted molar refractivity (Wildman–Crippen MR) is 113 cm³/mol. The van der Waals surface area contributed by atoms with Gasteiger partial charge >= 0.3 is 11.8 Å². The summed E-state index contributed by atoms with van der Waals surface area (Å²) in [5.41, 5.74) is -2.49. The monoisotopic (exact) mass is 437 g/mol. The van der Waals surface area contributed by atoms with Crippen LogP contribution in [0.2, 0.25) is 0 Å². The summed E-state index contributed by atoms with van der Waals surface area (Å²) in [5, 5.41) is 1.87. The van der Waals surface area contributed by atoms with Crippen molar-refractivity contribution in [1.29, 1.82) is 0 Å². The Bertz CT molecular complexity index is 1150. The third kappa shape index (κ3) is 3.87. The second kappa shape index (κ2) is 8.30. The van der Waals surface area contributed by atoms with Crippen LogP contribution in [-0.2, 0) is 11.3 Å². The SMILES string of the molecule is O=C(NC1(C(F)(F)F)N=C(c2ccccc2)N(Cc2ccccc2)C1=O)c1ccccc1. The first-order valence-corrected chi connectivity index (χ1v) is 9.77. The summed E-state index contributed by atoms with van der Waals surface area (Å²) in [6, 6.07) is 24.1. The fourth-order valence-corrected chi connectivity index (χ4v) is 3.44. The van der Waals surface area contributed by atoms with Gasteiger partial charge in [-0.25, -0.2) is 4.99 Å². The first-order valence-electron chi connectivity index (χ1n) is 9.77. The summed E-state index contributed by atoms with van der Waals surface area (Å²) in [5.74, 6) is -2.57. The maximum absolute atomic E-state index is 14.4. The lowest BCUT2D eigenvalue weighted by molar-refractivity contribution is -0.196. The van der Waals surface area contributed by atoms with Crippen LogP contribution in [0.4, 0.5) is 13.2 Å². The van der Waals surface area contributed by atoms with Crippen LogP contribution in [0.25, 0.3) is 0 Å². The average Bonchev–Trinajstić information content (AvgIpc) is 3.08. The van der Waals surface area contributed by atoms with Crippen molar-refractivity contribution < 1.29 is 22.8 Å². The Kier molecular flexibility index (Phi) is 5.52. The van der Waals surface area contributed by atoms with E-state index in [0.717, 1.165) is 4.90 Å². The van der Waals surface area contributed by atoms with E-state index in [9.17, 15) is 22.8 Å². The molecule has 0 saturated carbocycles. The number of amidine groups is 1. The number of alkyl halides is 3. The van der Waals surface area contributed by atoms with Gasteiger partial charge in [0.1, 0.15) is 5.84 Å². The number of hydrogen-bond donors (Lipinski definition) is 1. The summed E-state index contributed by atoms with van der Waals surface area (Å²) in [7, 11) is 0. The van der Waals surface area contributed by atoms with E-state index in [1.807, 2.05) is 5.32 Å². The van der Waals surface area contributed by atoms with Gasteiger partial charge in [-0.05, 0) is 17.7 Å². The number of halogens is 3. The second-order valence-corrected chi connectivity index (χ2v) is 7.21. The van der Waals surface area contributed by atoms with Gasteiger partial charge in [0.15, 0.2) is 0 Å². The molecule has 1 aliphatic rings. The lowest BCUT2D eigenvalue weighted by Crippen LogP contribution is -2.63. The summed E-state index contributed by atoms with van der Waals surface area (Å²) in [4.78, 5) is 30.7. The topological polar surface area (TPSA) is 61.8 Å². The van der Waals surface area contributed by atoms with Crippen LogP contribution in [0.1, 0.15) is 21.5 Å². The van der Waals surface area contributed by atoms with E-state index in [0.29, 0.717) is 11.1 Å². The number of nitrogens with one attached hydrogen (secondary N) is 1. The third-order valence-corrected chi connectivity index (χ3v) is 5.04. The molecule has 0 spiro atoms. The van der Waals surface area contributed by atoms with Crippen molar-refractivity contribution in [1.82, 2.24) is 10.2 Å². The van der Waals surface area contributed by atoms with Crippen LogP contribution >= 0.6 is 0 Å². The molecule has 5 nitrogen and oxygen atoms in total. The largest absolute Gasteiger partial charge is 0.442 e. The van der Waals surface area contributed by atoms with Crippen molar-refractivity contribution in [3.63, 3.8) is 0 Å². The van der Waals surface area contributed by atoms with Crippen molar-refractivity contribution in [3.8, 4) is 0 Å². The van der Waals surface area contributed by atoms with Crippen LogP contribution in [0.15, 0.2) is 96.0 Å². The summed E-state index contributed by atoms with van der Waals surface area (Å²) >= 11 is 0. The molecule has 2 amide bonds. The van der Waals surface area contributed by atoms with Gasteiger partial charge in [-0.1, -0.05) is 78.9 Å². The summed E-state index contributed by atoms with van der Waals surface area (Å²) < 4.78 is 43.1. The van der Waals surface area contributed by atoms with Gasteiger partial charge in [-0.15, -0.1) is 0 Å².